The summed E-state index contributed by atoms with van der Waals surface area (Å²) in [5, 5.41) is 15.3. The van der Waals surface area contributed by atoms with Crippen LogP contribution in [0.2, 0.25) is 0 Å². The van der Waals surface area contributed by atoms with Crippen LogP contribution in [0.25, 0.3) is 78.0 Å². The van der Waals surface area contributed by atoms with Gasteiger partial charge in [0.25, 0.3) is 0 Å². The molecule has 0 fully saturated rings. The lowest BCUT2D eigenvalue weighted by molar-refractivity contribution is 0.590. The zero-order valence-electron chi connectivity index (χ0n) is 29.8. The molecule has 0 saturated carbocycles. The minimum atomic E-state index is -0.0523. The second-order valence-corrected chi connectivity index (χ2v) is 14.7. The van der Waals surface area contributed by atoms with E-state index in [4.69, 9.17) is 15.0 Å². The van der Waals surface area contributed by atoms with Crippen LogP contribution in [-0.2, 0) is 5.41 Å². The number of aryl methyl sites for hydroxylation is 2. The first-order valence-corrected chi connectivity index (χ1v) is 17.6. The smallest absolute Gasteiger partial charge is 0.238 e. The number of fused-ring (bicyclic) bond motifs is 6. The van der Waals surface area contributed by atoms with Gasteiger partial charge in [-0.25, -0.2) is 4.98 Å². The van der Waals surface area contributed by atoms with Gasteiger partial charge in [0, 0.05) is 32.7 Å². The zero-order valence-corrected chi connectivity index (χ0v) is 29.8. The molecule has 0 aliphatic carbocycles. The predicted molar refractivity (Wildman–Crippen MR) is 212 cm³/mol. The first kappa shape index (κ1) is 31.4. The van der Waals surface area contributed by atoms with E-state index in [1.54, 1.807) is 0 Å². The molecule has 6 aromatic carbocycles. The van der Waals surface area contributed by atoms with E-state index in [0.717, 1.165) is 49.7 Å². The summed E-state index contributed by atoms with van der Waals surface area (Å²) < 4.78 is 4.32. The normalized spacial score (nSPS) is 11.9. The van der Waals surface area contributed by atoms with Gasteiger partial charge in [-0.3, -0.25) is 4.57 Å². The van der Waals surface area contributed by atoms with E-state index >= 15 is 0 Å². The van der Waals surface area contributed by atoms with Crippen molar-refractivity contribution >= 4 is 43.6 Å². The average molecular weight is 673 g/mol. The monoisotopic (exact) mass is 672 g/mol. The Kier molecular flexibility index (Phi) is 7.10. The maximum Gasteiger partial charge on any atom is 0.238 e. The van der Waals surface area contributed by atoms with Crippen molar-refractivity contribution in [3.8, 4) is 40.5 Å². The van der Waals surface area contributed by atoms with Crippen LogP contribution in [0.3, 0.4) is 0 Å². The van der Waals surface area contributed by atoms with Crippen LogP contribution in [0.4, 0.5) is 0 Å². The molecule has 0 N–H and O–H groups in total. The maximum atomic E-state index is 10.7. The van der Waals surface area contributed by atoms with Gasteiger partial charge < -0.3 is 4.57 Å². The summed E-state index contributed by atoms with van der Waals surface area (Å²) in [4.78, 5) is 15.4. The van der Waals surface area contributed by atoms with Crippen LogP contribution in [0.5, 0.6) is 0 Å². The van der Waals surface area contributed by atoms with Crippen LogP contribution in [0.1, 0.15) is 43.0 Å². The number of hydrogen-bond donors (Lipinski definition) is 0. The highest BCUT2D eigenvalue weighted by molar-refractivity contribution is 6.10. The molecule has 0 saturated heterocycles. The number of nitriles is 1. The van der Waals surface area contributed by atoms with Gasteiger partial charge in [0.1, 0.15) is 6.07 Å². The number of benzene rings is 6. The highest BCUT2D eigenvalue weighted by atomic mass is 15.2. The van der Waals surface area contributed by atoms with Crippen LogP contribution >= 0.6 is 0 Å². The molecular weight excluding hydrogens is 637 g/mol. The Morgan fingerprint density at radius 3 is 1.65 bits per heavy atom. The molecule has 6 nitrogen and oxygen atoms in total. The number of hydrogen-bond acceptors (Lipinski definition) is 4. The van der Waals surface area contributed by atoms with Gasteiger partial charge in [-0.2, -0.15) is 15.2 Å². The van der Waals surface area contributed by atoms with Crippen molar-refractivity contribution in [1.29, 1.82) is 5.26 Å². The first-order valence-electron chi connectivity index (χ1n) is 17.6. The molecule has 9 aromatic rings. The lowest BCUT2D eigenvalue weighted by Gasteiger charge is -2.19. The van der Waals surface area contributed by atoms with E-state index < -0.39 is 0 Å². The van der Waals surface area contributed by atoms with E-state index in [1.165, 1.54) is 27.5 Å². The summed E-state index contributed by atoms with van der Waals surface area (Å²) in [5.41, 5.74) is 10.7. The first-order chi connectivity index (χ1) is 25.2. The van der Waals surface area contributed by atoms with Crippen LogP contribution in [0, 0.1) is 25.2 Å². The van der Waals surface area contributed by atoms with Crippen LogP contribution in [-0.4, -0.2) is 24.1 Å². The van der Waals surface area contributed by atoms with E-state index in [9.17, 15) is 5.26 Å². The molecule has 0 aliphatic rings. The molecule has 250 valence electrons. The molecule has 0 aliphatic heterocycles. The van der Waals surface area contributed by atoms with E-state index in [2.05, 4.69) is 147 Å². The van der Waals surface area contributed by atoms with Gasteiger partial charge in [-0.05, 0) is 85.5 Å². The minimum Gasteiger partial charge on any atom is -0.308 e. The van der Waals surface area contributed by atoms with Crippen molar-refractivity contribution in [3.63, 3.8) is 0 Å². The lowest BCUT2D eigenvalue weighted by atomic mass is 9.86. The van der Waals surface area contributed by atoms with Crippen LogP contribution in [0.15, 0.2) is 127 Å². The zero-order chi connectivity index (χ0) is 35.7. The third kappa shape index (κ3) is 5.05. The molecule has 0 atom stereocenters. The van der Waals surface area contributed by atoms with Crippen molar-refractivity contribution < 1.29 is 0 Å². The third-order valence-electron chi connectivity index (χ3n) is 10.1. The quantitative estimate of drug-likeness (QED) is 0.186. The van der Waals surface area contributed by atoms with Gasteiger partial charge in [0.15, 0.2) is 11.6 Å². The number of rotatable bonds is 4. The molecule has 52 heavy (non-hydrogen) atoms. The fourth-order valence-corrected chi connectivity index (χ4v) is 7.46. The highest BCUT2D eigenvalue weighted by Crippen LogP contribution is 2.37. The average Bonchev–Trinajstić information content (AvgIpc) is 3.66. The number of para-hydroxylation sites is 2. The SMILES string of the molecule is Cc1ccc2c(c1)c1cc(C)ccc1n2-c1ccc(-c2nc(-c3cccc(C(C)(C)C)c3)nc(-n3c4ccccc4c4ccccc43)n2)cc1C#N. The molecule has 3 aromatic heterocycles. The Labute approximate surface area is 302 Å². The van der Waals surface area contributed by atoms with Gasteiger partial charge >= 0.3 is 0 Å². The molecule has 0 bridgehead atoms. The molecule has 3 heterocycles. The van der Waals surface area contributed by atoms with E-state index in [1.807, 2.05) is 30.3 Å². The lowest BCUT2D eigenvalue weighted by Crippen LogP contribution is -2.11. The largest absolute Gasteiger partial charge is 0.308 e. The Morgan fingerprint density at radius 2 is 1.08 bits per heavy atom. The standard InChI is InChI=1S/C46H36N6/c1-28-17-20-41-36(23-28)37-24-29(2)18-21-42(37)51(41)38-22-19-31(25-32(38)27-47)44-48-43(30-11-10-12-33(26-30)46(3,4)5)49-45(50-44)52-39-15-8-6-13-34(39)35-14-7-9-16-40(35)52/h6-26H,1-5H3. The molecule has 0 amide bonds. The van der Waals surface area contributed by atoms with Gasteiger partial charge in [-0.15, -0.1) is 0 Å². The predicted octanol–water partition coefficient (Wildman–Crippen LogP) is 11.2. The molecule has 9 rings (SSSR count). The van der Waals surface area contributed by atoms with Crippen molar-refractivity contribution in [3.05, 3.63) is 150 Å². The van der Waals surface area contributed by atoms with E-state index in [0.29, 0.717) is 23.2 Å². The Morgan fingerprint density at radius 1 is 0.519 bits per heavy atom. The Bertz CT molecular complexity index is 2820. The molecule has 0 radical (unpaired) electrons. The highest BCUT2D eigenvalue weighted by Gasteiger charge is 2.21. The molecular formula is C46H36N6. The topological polar surface area (TPSA) is 72.3 Å². The number of aromatic nitrogens is 5. The van der Waals surface area contributed by atoms with E-state index in [-0.39, 0.29) is 5.41 Å². The summed E-state index contributed by atoms with van der Waals surface area (Å²) in [7, 11) is 0. The summed E-state index contributed by atoms with van der Waals surface area (Å²) in [5.74, 6) is 1.59. The minimum absolute atomic E-state index is 0.0523. The Hall–Kier alpha value is -6.58. The summed E-state index contributed by atoms with van der Waals surface area (Å²) in [6, 6.07) is 46.6. The van der Waals surface area contributed by atoms with Gasteiger partial charge in [-0.1, -0.05) is 98.6 Å². The van der Waals surface area contributed by atoms with Crippen molar-refractivity contribution in [2.45, 2.75) is 40.0 Å². The Balaban J connectivity index is 1.29. The third-order valence-corrected chi connectivity index (χ3v) is 10.1. The van der Waals surface area contributed by atoms with Crippen molar-refractivity contribution in [2.75, 3.05) is 0 Å². The second-order valence-electron chi connectivity index (χ2n) is 14.7. The summed E-state index contributed by atoms with van der Waals surface area (Å²) in [6.07, 6.45) is 0. The number of nitrogens with zero attached hydrogens (tertiary/aromatic N) is 6. The van der Waals surface area contributed by atoms with Gasteiger partial charge in [0.05, 0.1) is 33.3 Å². The maximum absolute atomic E-state index is 10.7. The second kappa shape index (κ2) is 11.8. The summed E-state index contributed by atoms with van der Waals surface area (Å²) in [6.45, 7) is 10.9. The molecule has 0 unspecified atom stereocenters. The molecule has 6 heteroatoms. The van der Waals surface area contributed by atoms with Gasteiger partial charge in [0.2, 0.25) is 5.95 Å². The fourth-order valence-electron chi connectivity index (χ4n) is 7.46. The van der Waals surface area contributed by atoms with Crippen molar-refractivity contribution in [2.24, 2.45) is 0 Å². The summed E-state index contributed by atoms with van der Waals surface area (Å²) >= 11 is 0. The van der Waals surface area contributed by atoms with Crippen LogP contribution < -0.4 is 0 Å². The molecule has 0 spiro atoms. The van der Waals surface area contributed by atoms with Crippen molar-refractivity contribution in [1.82, 2.24) is 24.1 Å². The fraction of sp³-hybridized carbons (Fsp3) is 0.130.